The summed E-state index contributed by atoms with van der Waals surface area (Å²) in [5.41, 5.74) is 0.871. The number of carbonyl (C=O) groups excluding carboxylic acids is 1. The molecule has 106 valence electrons. The van der Waals surface area contributed by atoms with Crippen LogP contribution in [0.3, 0.4) is 0 Å². The Balaban J connectivity index is 1.88. The van der Waals surface area contributed by atoms with E-state index in [2.05, 4.69) is 17.1 Å². The van der Waals surface area contributed by atoms with E-state index in [1.165, 1.54) is 11.8 Å². The van der Waals surface area contributed by atoms with Crippen molar-refractivity contribution in [3.05, 3.63) is 36.2 Å². The molecule has 0 aliphatic carbocycles. The van der Waals surface area contributed by atoms with Crippen molar-refractivity contribution in [2.45, 2.75) is 25.0 Å². The van der Waals surface area contributed by atoms with Gasteiger partial charge in [-0.05, 0) is 18.6 Å². The van der Waals surface area contributed by atoms with Gasteiger partial charge >= 0.3 is 0 Å². The number of anilines is 1. The number of hydrogen-bond acceptors (Lipinski definition) is 5. The second-order valence-electron chi connectivity index (χ2n) is 4.29. The van der Waals surface area contributed by atoms with Gasteiger partial charge in [-0.1, -0.05) is 36.9 Å². The number of hydrogen-bond donors (Lipinski definition) is 0. The predicted molar refractivity (Wildman–Crippen MR) is 78.9 cm³/mol. The third-order valence-electron chi connectivity index (χ3n) is 2.75. The van der Waals surface area contributed by atoms with Crippen LogP contribution < -0.4 is 4.90 Å². The molecule has 0 aliphatic heterocycles. The number of aryl methyl sites for hydroxylation is 1. The summed E-state index contributed by atoms with van der Waals surface area (Å²) < 4.78 is 5.43. The smallest absolute Gasteiger partial charge is 0.277 e. The first-order chi connectivity index (χ1) is 9.70. The number of nitrogens with zero attached hydrogens (tertiary/aromatic N) is 3. The first kappa shape index (κ1) is 14.6. The van der Waals surface area contributed by atoms with Crippen LogP contribution >= 0.6 is 11.8 Å². The fraction of sp³-hybridized carbons (Fsp3) is 0.357. The number of rotatable bonds is 6. The number of carbonyl (C=O) groups is 1. The average molecular weight is 291 g/mol. The molecule has 0 saturated carbocycles. The van der Waals surface area contributed by atoms with E-state index in [4.69, 9.17) is 4.42 Å². The molecule has 0 unspecified atom stereocenters. The fourth-order valence-electron chi connectivity index (χ4n) is 1.63. The zero-order valence-corrected chi connectivity index (χ0v) is 12.4. The Hall–Kier alpha value is -1.82. The van der Waals surface area contributed by atoms with Crippen LogP contribution in [0.5, 0.6) is 0 Å². The Bertz CT molecular complexity index is 557. The van der Waals surface area contributed by atoms with E-state index in [0.717, 1.165) is 18.5 Å². The van der Waals surface area contributed by atoms with E-state index in [1.807, 2.05) is 30.3 Å². The van der Waals surface area contributed by atoms with Crippen LogP contribution in [0.1, 0.15) is 19.2 Å². The summed E-state index contributed by atoms with van der Waals surface area (Å²) in [4.78, 5) is 13.7. The minimum Gasteiger partial charge on any atom is -0.416 e. The number of para-hydroxylation sites is 1. The van der Waals surface area contributed by atoms with Crippen LogP contribution in [-0.2, 0) is 11.2 Å². The monoisotopic (exact) mass is 291 g/mol. The molecule has 0 saturated heterocycles. The second-order valence-corrected chi connectivity index (χ2v) is 5.22. The first-order valence-electron chi connectivity index (χ1n) is 6.47. The predicted octanol–water partition coefficient (Wildman–Crippen LogP) is 2.78. The van der Waals surface area contributed by atoms with Crippen LogP contribution in [0.4, 0.5) is 5.69 Å². The summed E-state index contributed by atoms with van der Waals surface area (Å²) in [5.74, 6) is 0.898. The van der Waals surface area contributed by atoms with Crippen LogP contribution in [-0.4, -0.2) is 28.9 Å². The number of amides is 1. The molecule has 5 nitrogen and oxygen atoms in total. The summed E-state index contributed by atoms with van der Waals surface area (Å²) in [5, 5.41) is 8.29. The van der Waals surface area contributed by atoms with Crippen LogP contribution in [0, 0.1) is 0 Å². The van der Waals surface area contributed by atoms with Crippen molar-refractivity contribution in [2.75, 3.05) is 17.7 Å². The maximum Gasteiger partial charge on any atom is 0.277 e. The van der Waals surface area contributed by atoms with Crippen molar-refractivity contribution in [2.24, 2.45) is 0 Å². The SMILES string of the molecule is CCCc1nnc(SCC(=O)N(C)c2ccccc2)o1. The molecule has 0 bridgehead atoms. The number of aromatic nitrogens is 2. The normalized spacial score (nSPS) is 10.5. The second kappa shape index (κ2) is 7.09. The maximum atomic E-state index is 12.1. The van der Waals surface area contributed by atoms with E-state index in [-0.39, 0.29) is 11.7 Å². The molecule has 0 spiro atoms. The van der Waals surface area contributed by atoms with Gasteiger partial charge in [0.1, 0.15) is 0 Å². The minimum absolute atomic E-state index is 0.00329. The summed E-state index contributed by atoms with van der Waals surface area (Å²) in [6.45, 7) is 2.05. The largest absolute Gasteiger partial charge is 0.416 e. The van der Waals surface area contributed by atoms with Gasteiger partial charge in [-0.25, -0.2) is 0 Å². The molecular weight excluding hydrogens is 274 g/mol. The highest BCUT2D eigenvalue weighted by atomic mass is 32.2. The molecule has 2 aromatic rings. The van der Waals surface area contributed by atoms with Gasteiger partial charge in [0.05, 0.1) is 5.75 Å². The fourth-order valence-corrected chi connectivity index (χ4v) is 2.32. The molecule has 1 aromatic carbocycles. The summed E-state index contributed by atoms with van der Waals surface area (Å²) >= 11 is 1.27. The third-order valence-corrected chi connectivity index (χ3v) is 3.55. The molecule has 0 aliphatic rings. The molecule has 1 amide bonds. The van der Waals surface area contributed by atoms with Gasteiger partial charge in [0.2, 0.25) is 11.8 Å². The van der Waals surface area contributed by atoms with Gasteiger partial charge in [0, 0.05) is 19.2 Å². The molecule has 0 atom stereocenters. The van der Waals surface area contributed by atoms with Crippen molar-refractivity contribution >= 4 is 23.4 Å². The molecule has 0 radical (unpaired) electrons. The highest BCUT2D eigenvalue weighted by Gasteiger charge is 2.13. The van der Waals surface area contributed by atoms with Crippen LogP contribution in [0.15, 0.2) is 40.0 Å². The Kier molecular flexibility index (Phi) is 5.17. The van der Waals surface area contributed by atoms with E-state index < -0.39 is 0 Å². The van der Waals surface area contributed by atoms with Gasteiger partial charge in [-0.2, -0.15) is 0 Å². The maximum absolute atomic E-state index is 12.1. The Morgan fingerprint density at radius 3 is 2.75 bits per heavy atom. The molecule has 20 heavy (non-hydrogen) atoms. The third kappa shape index (κ3) is 3.84. The van der Waals surface area contributed by atoms with E-state index in [1.54, 1.807) is 11.9 Å². The lowest BCUT2D eigenvalue weighted by Gasteiger charge is -2.16. The van der Waals surface area contributed by atoms with Gasteiger partial charge in [-0.3, -0.25) is 4.79 Å². The Labute approximate surface area is 122 Å². The van der Waals surface area contributed by atoms with Crippen molar-refractivity contribution < 1.29 is 9.21 Å². The highest BCUT2D eigenvalue weighted by Crippen LogP contribution is 2.19. The lowest BCUT2D eigenvalue weighted by atomic mass is 10.3. The van der Waals surface area contributed by atoms with Crippen molar-refractivity contribution in [1.82, 2.24) is 10.2 Å². The lowest BCUT2D eigenvalue weighted by Crippen LogP contribution is -2.27. The molecule has 1 heterocycles. The van der Waals surface area contributed by atoms with Crippen LogP contribution in [0.2, 0.25) is 0 Å². The summed E-state index contributed by atoms with van der Waals surface area (Å²) in [6, 6.07) is 9.52. The van der Waals surface area contributed by atoms with E-state index in [9.17, 15) is 4.79 Å². The van der Waals surface area contributed by atoms with Crippen molar-refractivity contribution in [1.29, 1.82) is 0 Å². The Morgan fingerprint density at radius 2 is 2.05 bits per heavy atom. The topological polar surface area (TPSA) is 59.2 Å². The van der Waals surface area contributed by atoms with Crippen molar-refractivity contribution in [3.8, 4) is 0 Å². The molecule has 0 fully saturated rings. The summed E-state index contributed by atoms with van der Waals surface area (Å²) in [7, 11) is 1.76. The molecule has 1 aromatic heterocycles. The van der Waals surface area contributed by atoms with E-state index >= 15 is 0 Å². The summed E-state index contributed by atoms with van der Waals surface area (Å²) in [6.07, 6.45) is 1.73. The molecule has 6 heteroatoms. The molecule has 2 rings (SSSR count). The van der Waals surface area contributed by atoms with Gasteiger partial charge in [0.25, 0.3) is 5.22 Å². The minimum atomic E-state index is -0.00329. The number of thioether (sulfide) groups is 1. The highest BCUT2D eigenvalue weighted by molar-refractivity contribution is 7.99. The van der Waals surface area contributed by atoms with Gasteiger partial charge < -0.3 is 9.32 Å². The quantitative estimate of drug-likeness (QED) is 0.766. The Morgan fingerprint density at radius 1 is 1.30 bits per heavy atom. The first-order valence-corrected chi connectivity index (χ1v) is 7.46. The van der Waals surface area contributed by atoms with Gasteiger partial charge in [0.15, 0.2) is 0 Å². The molecular formula is C14H17N3O2S. The number of benzene rings is 1. The zero-order chi connectivity index (χ0) is 14.4. The van der Waals surface area contributed by atoms with Gasteiger partial charge in [-0.15, -0.1) is 10.2 Å². The lowest BCUT2D eigenvalue weighted by molar-refractivity contribution is -0.115. The average Bonchev–Trinajstić information content (AvgIpc) is 2.93. The standard InChI is InChI=1S/C14H17N3O2S/c1-3-7-12-15-16-14(19-12)20-10-13(18)17(2)11-8-5-4-6-9-11/h4-6,8-9H,3,7,10H2,1-2H3. The van der Waals surface area contributed by atoms with Crippen molar-refractivity contribution in [3.63, 3.8) is 0 Å². The van der Waals surface area contributed by atoms with E-state index in [0.29, 0.717) is 11.1 Å². The molecule has 0 N–H and O–H groups in total. The van der Waals surface area contributed by atoms with Crippen LogP contribution in [0.25, 0.3) is 0 Å². The zero-order valence-electron chi connectivity index (χ0n) is 11.6.